The van der Waals surface area contributed by atoms with Crippen molar-refractivity contribution < 1.29 is 9.90 Å². The van der Waals surface area contributed by atoms with Crippen LogP contribution in [0.5, 0.6) is 0 Å². The lowest BCUT2D eigenvalue weighted by atomic mass is 9.78. The Hall–Kier alpha value is -3.27. The van der Waals surface area contributed by atoms with Crippen LogP contribution in [0, 0.1) is 5.92 Å². The normalized spacial score (nSPS) is 26.8. The van der Waals surface area contributed by atoms with E-state index in [1.54, 1.807) is 0 Å². The number of allylic oxidation sites excluding steroid dienone is 6. The molecule has 0 aromatic heterocycles. The molecule has 1 aromatic rings. The third kappa shape index (κ3) is 3.35. The first-order valence-electron chi connectivity index (χ1n) is 11.6. The molecular weight excluding hydrogens is 396 g/mol. The van der Waals surface area contributed by atoms with Crippen molar-refractivity contribution in [2.75, 3.05) is 4.90 Å². The van der Waals surface area contributed by atoms with Crippen molar-refractivity contribution >= 4 is 17.7 Å². The Morgan fingerprint density at radius 1 is 1.09 bits per heavy atom. The van der Waals surface area contributed by atoms with E-state index in [9.17, 15) is 9.90 Å². The molecule has 1 saturated carbocycles. The molecule has 1 unspecified atom stereocenters. The Kier molecular flexibility index (Phi) is 5.16. The maximum atomic E-state index is 14.1. The predicted octanol–water partition coefficient (Wildman–Crippen LogP) is 6.08. The molecule has 4 aliphatic rings. The molecular formula is C28H30N2O2. The van der Waals surface area contributed by atoms with Gasteiger partial charge in [-0.15, -0.1) is 0 Å². The quantitative estimate of drug-likeness (QED) is 0.599. The number of anilines is 1. The van der Waals surface area contributed by atoms with E-state index in [1.165, 1.54) is 11.1 Å². The van der Waals surface area contributed by atoms with Crippen molar-refractivity contribution in [1.82, 2.24) is 5.32 Å². The zero-order valence-corrected chi connectivity index (χ0v) is 18.6. The van der Waals surface area contributed by atoms with Gasteiger partial charge in [-0.1, -0.05) is 36.9 Å². The number of aliphatic hydroxyl groups excluding tert-OH is 1. The van der Waals surface area contributed by atoms with Crippen molar-refractivity contribution in [3.05, 3.63) is 95.1 Å². The molecule has 164 valence electrons. The van der Waals surface area contributed by atoms with Crippen LogP contribution in [0.4, 0.5) is 5.69 Å². The number of aliphatic hydroxyl groups is 1. The number of amides is 1. The molecule has 1 amide bonds. The first-order valence-corrected chi connectivity index (χ1v) is 11.6. The molecule has 1 aliphatic heterocycles. The summed E-state index contributed by atoms with van der Waals surface area (Å²) >= 11 is 0. The van der Waals surface area contributed by atoms with Crippen LogP contribution in [0.3, 0.4) is 0 Å². The second kappa shape index (κ2) is 8.01. The summed E-state index contributed by atoms with van der Waals surface area (Å²) in [7, 11) is 0. The van der Waals surface area contributed by atoms with Crippen LogP contribution in [0.25, 0.3) is 6.08 Å². The standard InChI is InChI=1S/C28H30N2O2/c1-3-19-11-15-24(16-12-19)30-26(4-2)29-28(27(30)32,22-13-14-22)23-9-5-7-20(17-23)21-8-6-10-25(31)18-21/h3-4,9-12,15-18,22,29,31H,1,5-8,13-14H2,2H3/b26-4+. The number of nitrogens with zero attached hydrogens (tertiary/aromatic N) is 1. The van der Waals surface area contributed by atoms with E-state index in [4.69, 9.17) is 0 Å². The summed E-state index contributed by atoms with van der Waals surface area (Å²) in [6.07, 6.45) is 17.7. The highest BCUT2D eigenvalue weighted by Gasteiger charge is 2.59. The van der Waals surface area contributed by atoms with E-state index in [0.717, 1.165) is 61.2 Å². The maximum Gasteiger partial charge on any atom is 0.263 e. The summed E-state index contributed by atoms with van der Waals surface area (Å²) in [5, 5.41) is 13.7. The van der Waals surface area contributed by atoms with Crippen LogP contribution in [-0.4, -0.2) is 16.6 Å². The van der Waals surface area contributed by atoms with E-state index < -0.39 is 5.54 Å². The molecule has 1 saturated heterocycles. The van der Waals surface area contributed by atoms with Crippen LogP contribution in [-0.2, 0) is 4.79 Å². The van der Waals surface area contributed by atoms with Crippen LogP contribution >= 0.6 is 0 Å². The van der Waals surface area contributed by atoms with Crippen molar-refractivity contribution in [3.8, 4) is 0 Å². The van der Waals surface area contributed by atoms with E-state index >= 15 is 0 Å². The van der Waals surface area contributed by atoms with Gasteiger partial charge in [-0.05, 0) is 104 Å². The average molecular weight is 427 g/mol. The molecule has 2 fully saturated rings. The predicted molar refractivity (Wildman–Crippen MR) is 130 cm³/mol. The van der Waals surface area contributed by atoms with Crippen LogP contribution in [0.1, 0.15) is 51.0 Å². The van der Waals surface area contributed by atoms with Crippen molar-refractivity contribution in [2.45, 2.75) is 51.0 Å². The van der Waals surface area contributed by atoms with Gasteiger partial charge >= 0.3 is 0 Å². The molecule has 1 atom stereocenters. The second-order valence-corrected chi connectivity index (χ2v) is 9.02. The van der Waals surface area contributed by atoms with E-state index in [-0.39, 0.29) is 11.8 Å². The Morgan fingerprint density at radius 2 is 1.78 bits per heavy atom. The Bertz CT molecular complexity index is 1110. The second-order valence-electron chi connectivity index (χ2n) is 9.02. The highest BCUT2D eigenvalue weighted by molar-refractivity contribution is 6.09. The summed E-state index contributed by atoms with van der Waals surface area (Å²) in [5.74, 6) is 1.58. The minimum absolute atomic E-state index is 0.101. The first-order chi connectivity index (χ1) is 15.6. The average Bonchev–Trinajstić information content (AvgIpc) is 3.63. The number of benzene rings is 1. The summed E-state index contributed by atoms with van der Waals surface area (Å²) in [6, 6.07) is 7.96. The molecule has 0 bridgehead atoms. The van der Waals surface area contributed by atoms with E-state index in [0.29, 0.717) is 5.76 Å². The van der Waals surface area contributed by atoms with Crippen LogP contribution in [0.15, 0.2) is 89.5 Å². The highest BCUT2D eigenvalue weighted by atomic mass is 16.3. The molecule has 5 rings (SSSR count). The number of hydrogen-bond acceptors (Lipinski definition) is 3. The molecule has 1 aromatic carbocycles. The molecule has 4 heteroatoms. The third-order valence-electron chi connectivity index (χ3n) is 7.02. The van der Waals surface area contributed by atoms with Gasteiger partial charge in [-0.2, -0.15) is 0 Å². The first kappa shape index (κ1) is 20.6. The SMILES string of the molecule is C=Cc1ccc(N2C(=O)C(C3=CCCC(C4=CC(O)=CCC4)=C3)(C3CC3)N/C2=C\C)cc1. The largest absolute Gasteiger partial charge is 0.508 e. The summed E-state index contributed by atoms with van der Waals surface area (Å²) in [5.41, 5.74) is 4.69. The minimum Gasteiger partial charge on any atom is -0.508 e. The fourth-order valence-corrected chi connectivity index (χ4v) is 5.21. The van der Waals surface area contributed by atoms with Gasteiger partial charge in [0.25, 0.3) is 5.91 Å². The number of hydrogen-bond donors (Lipinski definition) is 2. The monoisotopic (exact) mass is 426 g/mol. The number of carbonyl (C=O) groups excluding carboxylic acids is 1. The summed E-state index contributed by atoms with van der Waals surface area (Å²) in [4.78, 5) is 16.0. The summed E-state index contributed by atoms with van der Waals surface area (Å²) in [6.45, 7) is 5.80. The number of nitrogens with one attached hydrogen (secondary N) is 1. The lowest BCUT2D eigenvalue weighted by Crippen LogP contribution is -2.50. The highest BCUT2D eigenvalue weighted by Crippen LogP contribution is 2.50. The van der Waals surface area contributed by atoms with Gasteiger partial charge in [0.05, 0.1) is 5.69 Å². The topological polar surface area (TPSA) is 52.6 Å². The molecule has 0 spiro atoms. The Morgan fingerprint density at radius 3 is 2.41 bits per heavy atom. The van der Waals surface area contributed by atoms with Crippen molar-refractivity contribution in [1.29, 1.82) is 0 Å². The van der Waals surface area contributed by atoms with E-state index in [2.05, 4.69) is 24.0 Å². The molecule has 3 aliphatic carbocycles. The zero-order chi connectivity index (χ0) is 22.3. The van der Waals surface area contributed by atoms with Crippen molar-refractivity contribution in [3.63, 3.8) is 0 Å². The Labute approximate surface area is 190 Å². The Balaban J connectivity index is 1.55. The molecule has 0 radical (unpaired) electrons. The van der Waals surface area contributed by atoms with Gasteiger partial charge < -0.3 is 10.4 Å². The molecule has 1 heterocycles. The molecule has 2 N–H and O–H groups in total. The lowest BCUT2D eigenvalue weighted by Gasteiger charge is -2.32. The fraction of sp³-hybridized carbons (Fsp3) is 0.321. The van der Waals surface area contributed by atoms with Gasteiger partial charge in [-0.3, -0.25) is 9.69 Å². The fourth-order valence-electron chi connectivity index (χ4n) is 5.21. The van der Waals surface area contributed by atoms with Crippen molar-refractivity contribution in [2.24, 2.45) is 5.92 Å². The zero-order valence-electron chi connectivity index (χ0n) is 18.6. The molecule has 32 heavy (non-hydrogen) atoms. The van der Waals surface area contributed by atoms with Gasteiger partial charge in [-0.25, -0.2) is 0 Å². The van der Waals surface area contributed by atoms with E-state index in [1.807, 2.05) is 60.4 Å². The maximum absolute atomic E-state index is 14.1. The lowest BCUT2D eigenvalue weighted by molar-refractivity contribution is -0.121. The van der Waals surface area contributed by atoms with Crippen LogP contribution in [0.2, 0.25) is 0 Å². The van der Waals surface area contributed by atoms with Gasteiger partial charge in [0, 0.05) is 0 Å². The number of rotatable bonds is 5. The minimum atomic E-state index is -0.724. The van der Waals surface area contributed by atoms with Crippen LogP contribution < -0.4 is 10.2 Å². The van der Waals surface area contributed by atoms with Gasteiger partial charge in [0.1, 0.15) is 17.1 Å². The number of carbonyl (C=O) groups is 1. The smallest absolute Gasteiger partial charge is 0.263 e. The third-order valence-corrected chi connectivity index (χ3v) is 7.02. The van der Waals surface area contributed by atoms with Gasteiger partial charge in [0.2, 0.25) is 0 Å². The molecule has 4 nitrogen and oxygen atoms in total. The summed E-state index contributed by atoms with van der Waals surface area (Å²) < 4.78 is 0. The van der Waals surface area contributed by atoms with Gasteiger partial charge in [0.15, 0.2) is 0 Å².